The second kappa shape index (κ2) is 4.88. The molecule has 98 valence electrons. The van der Waals surface area contributed by atoms with Gasteiger partial charge in [-0.1, -0.05) is 0 Å². The zero-order chi connectivity index (χ0) is 13.2. The average Bonchev–Trinajstić information content (AvgIpc) is 3.09. The molecule has 0 aliphatic heterocycles. The van der Waals surface area contributed by atoms with Crippen molar-refractivity contribution >= 4 is 11.6 Å². The van der Waals surface area contributed by atoms with Crippen LogP contribution < -0.4 is 5.32 Å². The summed E-state index contributed by atoms with van der Waals surface area (Å²) in [4.78, 5) is 11.7. The van der Waals surface area contributed by atoms with Gasteiger partial charge in [0.1, 0.15) is 0 Å². The lowest BCUT2D eigenvalue weighted by molar-refractivity contribution is -0.116. The minimum Gasteiger partial charge on any atom is -0.326 e. The third-order valence-electron chi connectivity index (χ3n) is 3.31. The molecule has 19 heavy (non-hydrogen) atoms. The minimum atomic E-state index is 0.116. The second-order valence-electron chi connectivity index (χ2n) is 5.14. The lowest BCUT2D eigenvalue weighted by Gasteiger charge is -2.06. The van der Waals surface area contributed by atoms with Crippen LogP contribution in [-0.2, 0) is 4.79 Å². The summed E-state index contributed by atoms with van der Waals surface area (Å²) < 4.78 is 1.82. The molecule has 1 aromatic carbocycles. The van der Waals surface area contributed by atoms with E-state index in [0.29, 0.717) is 12.3 Å². The Bertz CT molecular complexity index is 582. The molecule has 0 saturated heterocycles. The van der Waals surface area contributed by atoms with E-state index in [9.17, 15) is 4.79 Å². The molecule has 4 heteroatoms. The van der Waals surface area contributed by atoms with Gasteiger partial charge in [-0.05, 0) is 56.0 Å². The van der Waals surface area contributed by atoms with Gasteiger partial charge in [0.15, 0.2) is 0 Å². The first-order valence-corrected chi connectivity index (χ1v) is 6.63. The quantitative estimate of drug-likeness (QED) is 0.913. The van der Waals surface area contributed by atoms with E-state index in [1.54, 1.807) is 0 Å². The molecule has 2 aromatic rings. The van der Waals surface area contributed by atoms with Crippen molar-refractivity contribution in [3.63, 3.8) is 0 Å². The fraction of sp³-hybridized carbons (Fsp3) is 0.333. The minimum absolute atomic E-state index is 0.116. The molecular weight excluding hydrogens is 238 g/mol. The van der Waals surface area contributed by atoms with E-state index in [0.717, 1.165) is 17.1 Å². The zero-order valence-electron chi connectivity index (χ0n) is 11.0. The normalized spacial score (nSPS) is 14.4. The molecule has 0 unspecified atom stereocenters. The summed E-state index contributed by atoms with van der Waals surface area (Å²) in [6.45, 7) is 1.96. The van der Waals surface area contributed by atoms with Crippen molar-refractivity contribution in [2.75, 3.05) is 5.32 Å². The topological polar surface area (TPSA) is 46.9 Å². The Labute approximate surface area is 112 Å². The number of rotatable bonds is 4. The van der Waals surface area contributed by atoms with Crippen LogP contribution in [0.4, 0.5) is 5.69 Å². The standard InChI is InChI=1S/C15H17N3O/c1-11-8-9-18(17-11)14-6-4-13(5-7-14)16-15(19)10-12-2-3-12/h4-9,12H,2-3,10H2,1H3,(H,16,19). The summed E-state index contributed by atoms with van der Waals surface area (Å²) in [6, 6.07) is 9.71. The van der Waals surface area contributed by atoms with Crippen molar-refractivity contribution < 1.29 is 4.79 Å². The number of amides is 1. The second-order valence-corrected chi connectivity index (χ2v) is 5.14. The molecule has 1 saturated carbocycles. The third kappa shape index (κ3) is 3.02. The van der Waals surface area contributed by atoms with Crippen LogP contribution in [0.1, 0.15) is 25.0 Å². The van der Waals surface area contributed by atoms with Crippen LogP contribution in [0.25, 0.3) is 5.69 Å². The first-order chi connectivity index (χ1) is 9.20. The van der Waals surface area contributed by atoms with Gasteiger partial charge >= 0.3 is 0 Å². The van der Waals surface area contributed by atoms with Gasteiger partial charge in [-0.2, -0.15) is 5.10 Å². The highest BCUT2D eigenvalue weighted by Gasteiger charge is 2.24. The summed E-state index contributed by atoms with van der Waals surface area (Å²) in [5.41, 5.74) is 2.83. The Morgan fingerprint density at radius 1 is 1.32 bits per heavy atom. The maximum absolute atomic E-state index is 11.7. The molecule has 1 aliphatic rings. The summed E-state index contributed by atoms with van der Waals surface area (Å²) >= 11 is 0. The van der Waals surface area contributed by atoms with Gasteiger partial charge in [-0.3, -0.25) is 4.79 Å². The van der Waals surface area contributed by atoms with Gasteiger partial charge in [0.25, 0.3) is 0 Å². The van der Waals surface area contributed by atoms with Crippen molar-refractivity contribution in [1.29, 1.82) is 0 Å². The van der Waals surface area contributed by atoms with E-state index in [2.05, 4.69) is 10.4 Å². The van der Waals surface area contributed by atoms with Crippen LogP contribution in [-0.4, -0.2) is 15.7 Å². The summed E-state index contributed by atoms with van der Waals surface area (Å²) in [5.74, 6) is 0.733. The van der Waals surface area contributed by atoms with Crippen molar-refractivity contribution in [2.45, 2.75) is 26.2 Å². The molecular formula is C15H17N3O. The van der Waals surface area contributed by atoms with E-state index in [1.165, 1.54) is 12.8 Å². The first kappa shape index (κ1) is 12.0. The number of hydrogen-bond donors (Lipinski definition) is 1. The number of benzene rings is 1. The van der Waals surface area contributed by atoms with Crippen LogP contribution >= 0.6 is 0 Å². The van der Waals surface area contributed by atoms with E-state index in [4.69, 9.17) is 0 Å². The molecule has 1 aromatic heterocycles. The monoisotopic (exact) mass is 255 g/mol. The highest BCUT2D eigenvalue weighted by atomic mass is 16.1. The third-order valence-corrected chi connectivity index (χ3v) is 3.31. The number of aromatic nitrogens is 2. The zero-order valence-corrected chi connectivity index (χ0v) is 11.0. The van der Waals surface area contributed by atoms with Crippen LogP contribution in [0.2, 0.25) is 0 Å². The Morgan fingerprint density at radius 3 is 2.63 bits per heavy atom. The van der Waals surface area contributed by atoms with Gasteiger partial charge in [0, 0.05) is 18.3 Å². The fourth-order valence-electron chi connectivity index (χ4n) is 2.05. The number of carbonyl (C=O) groups is 1. The SMILES string of the molecule is Cc1ccn(-c2ccc(NC(=O)CC3CC3)cc2)n1. The Balaban J connectivity index is 1.66. The van der Waals surface area contributed by atoms with E-state index < -0.39 is 0 Å². The molecule has 3 rings (SSSR count). The van der Waals surface area contributed by atoms with Crippen LogP contribution in [0, 0.1) is 12.8 Å². The molecule has 0 atom stereocenters. The predicted molar refractivity (Wildman–Crippen MR) is 74.3 cm³/mol. The molecule has 0 bridgehead atoms. The molecule has 1 aliphatic carbocycles. The van der Waals surface area contributed by atoms with Gasteiger partial charge < -0.3 is 5.32 Å². The number of nitrogens with zero attached hydrogens (tertiary/aromatic N) is 2. The van der Waals surface area contributed by atoms with Gasteiger partial charge in [-0.15, -0.1) is 0 Å². The summed E-state index contributed by atoms with van der Waals surface area (Å²) in [5, 5.41) is 7.28. The van der Waals surface area contributed by atoms with E-state index >= 15 is 0 Å². The average molecular weight is 255 g/mol. The summed E-state index contributed by atoms with van der Waals surface area (Å²) in [7, 11) is 0. The highest BCUT2D eigenvalue weighted by molar-refractivity contribution is 5.91. The lowest BCUT2D eigenvalue weighted by Crippen LogP contribution is -2.11. The Morgan fingerprint density at radius 2 is 2.05 bits per heavy atom. The van der Waals surface area contributed by atoms with Gasteiger partial charge in [0.05, 0.1) is 11.4 Å². The highest BCUT2D eigenvalue weighted by Crippen LogP contribution is 2.32. The molecule has 1 N–H and O–H groups in total. The lowest BCUT2D eigenvalue weighted by atomic mass is 10.2. The van der Waals surface area contributed by atoms with Crippen molar-refractivity contribution in [2.24, 2.45) is 5.92 Å². The Hall–Kier alpha value is -2.10. The van der Waals surface area contributed by atoms with Crippen molar-refractivity contribution in [3.05, 3.63) is 42.2 Å². The van der Waals surface area contributed by atoms with Crippen molar-refractivity contribution in [3.8, 4) is 5.69 Å². The smallest absolute Gasteiger partial charge is 0.224 e. The molecule has 0 radical (unpaired) electrons. The number of aryl methyl sites for hydroxylation is 1. The number of anilines is 1. The fourth-order valence-corrected chi connectivity index (χ4v) is 2.05. The maximum Gasteiger partial charge on any atom is 0.224 e. The molecule has 1 heterocycles. The number of hydrogen-bond acceptors (Lipinski definition) is 2. The van der Waals surface area contributed by atoms with Crippen LogP contribution in [0.3, 0.4) is 0 Å². The molecule has 4 nitrogen and oxygen atoms in total. The number of nitrogens with one attached hydrogen (secondary N) is 1. The van der Waals surface area contributed by atoms with Gasteiger partial charge in [-0.25, -0.2) is 4.68 Å². The van der Waals surface area contributed by atoms with Crippen LogP contribution in [0.5, 0.6) is 0 Å². The molecule has 1 fully saturated rings. The van der Waals surface area contributed by atoms with E-state index in [1.807, 2.05) is 48.1 Å². The predicted octanol–water partition coefficient (Wildman–Crippen LogP) is 2.92. The first-order valence-electron chi connectivity index (χ1n) is 6.63. The molecule has 1 amide bonds. The van der Waals surface area contributed by atoms with E-state index in [-0.39, 0.29) is 5.91 Å². The maximum atomic E-state index is 11.7. The number of carbonyl (C=O) groups excluding carboxylic acids is 1. The Kier molecular flexibility index (Phi) is 3.07. The van der Waals surface area contributed by atoms with Crippen molar-refractivity contribution in [1.82, 2.24) is 9.78 Å². The largest absolute Gasteiger partial charge is 0.326 e. The van der Waals surface area contributed by atoms with Crippen LogP contribution in [0.15, 0.2) is 36.5 Å². The molecule has 0 spiro atoms. The van der Waals surface area contributed by atoms with Gasteiger partial charge in [0.2, 0.25) is 5.91 Å². The summed E-state index contributed by atoms with van der Waals surface area (Å²) in [6.07, 6.45) is 4.98.